The summed E-state index contributed by atoms with van der Waals surface area (Å²) in [5, 5.41) is 3.46. The van der Waals surface area contributed by atoms with Crippen LogP contribution in [-0.4, -0.2) is 50.4 Å². The molecule has 0 heterocycles. The second-order valence-electron chi connectivity index (χ2n) is 9.53. The van der Waals surface area contributed by atoms with Crippen LogP contribution in [0.4, 0.5) is 5.69 Å². The van der Waals surface area contributed by atoms with E-state index in [9.17, 15) is 18.0 Å². The minimum Gasteiger partial charge on any atom is -0.494 e. The molecule has 0 radical (unpaired) electrons. The number of hydrogen-bond donors (Lipinski definition) is 1. The summed E-state index contributed by atoms with van der Waals surface area (Å²) in [5.74, 6) is -0.297. The highest BCUT2D eigenvalue weighted by atomic mass is 79.9. The van der Waals surface area contributed by atoms with Crippen LogP contribution in [0.15, 0.2) is 82.2 Å². The molecule has 3 aromatic carbocycles. The topological polar surface area (TPSA) is 96.0 Å². The van der Waals surface area contributed by atoms with E-state index in [0.717, 1.165) is 20.8 Å². The van der Waals surface area contributed by atoms with E-state index in [1.54, 1.807) is 67.6 Å². The van der Waals surface area contributed by atoms with Crippen LogP contribution in [0.1, 0.15) is 39.7 Å². The van der Waals surface area contributed by atoms with Crippen molar-refractivity contribution >= 4 is 55.1 Å². The molecule has 0 saturated carbocycles. The maximum atomic E-state index is 14.0. The molecular formula is C30H35BrClN3O5S. The molecule has 8 nitrogen and oxygen atoms in total. The van der Waals surface area contributed by atoms with E-state index in [1.807, 2.05) is 20.8 Å². The first-order valence-corrected chi connectivity index (χ1v) is 15.9. The second kappa shape index (κ2) is 14.7. The Kier molecular flexibility index (Phi) is 11.6. The third kappa shape index (κ3) is 8.70. The van der Waals surface area contributed by atoms with Gasteiger partial charge in [-0.25, -0.2) is 8.42 Å². The first-order chi connectivity index (χ1) is 19.5. The molecule has 3 rings (SSSR count). The molecule has 0 aliphatic rings. The predicted octanol–water partition coefficient (Wildman–Crippen LogP) is 6.03. The van der Waals surface area contributed by atoms with Crippen molar-refractivity contribution in [2.75, 3.05) is 17.5 Å². The van der Waals surface area contributed by atoms with Crippen molar-refractivity contribution in [1.29, 1.82) is 0 Å². The molecule has 0 fully saturated rings. The number of halogens is 2. The average Bonchev–Trinajstić information content (AvgIpc) is 2.95. The van der Waals surface area contributed by atoms with Gasteiger partial charge in [-0.15, -0.1) is 0 Å². The minimum absolute atomic E-state index is 0.0224. The van der Waals surface area contributed by atoms with Crippen LogP contribution in [0, 0.1) is 0 Å². The zero-order valence-electron chi connectivity index (χ0n) is 23.5. The van der Waals surface area contributed by atoms with E-state index in [-0.39, 0.29) is 29.1 Å². The fourth-order valence-corrected chi connectivity index (χ4v) is 5.78. The standard InChI is InChI=1S/C30H35BrClN3O5S/c1-5-21(3)33-30(37)22(4)34(19-23-7-11-25(32)12-8-23)29(36)20-35(26-13-15-27(16-14-26)40-6-2)41(38,39)28-17-9-24(31)10-18-28/h7-18,21-22H,5-6,19-20H2,1-4H3,(H,33,37)/t21-,22-/m0/s1. The Morgan fingerprint density at radius 2 is 1.56 bits per heavy atom. The number of carbonyl (C=O) groups is 2. The first-order valence-electron chi connectivity index (χ1n) is 13.3. The van der Waals surface area contributed by atoms with Gasteiger partial charge in [-0.3, -0.25) is 13.9 Å². The monoisotopic (exact) mass is 663 g/mol. The molecule has 2 atom stereocenters. The molecule has 11 heteroatoms. The lowest BCUT2D eigenvalue weighted by atomic mass is 10.1. The van der Waals surface area contributed by atoms with Gasteiger partial charge in [0.05, 0.1) is 17.2 Å². The van der Waals surface area contributed by atoms with E-state index in [0.29, 0.717) is 17.4 Å². The van der Waals surface area contributed by atoms with Crippen molar-refractivity contribution in [3.05, 3.63) is 87.9 Å². The van der Waals surface area contributed by atoms with Crippen molar-refractivity contribution in [3.63, 3.8) is 0 Å². The highest BCUT2D eigenvalue weighted by Gasteiger charge is 2.32. The number of nitrogens with zero attached hydrogens (tertiary/aromatic N) is 2. The minimum atomic E-state index is -4.17. The van der Waals surface area contributed by atoms with Gasteiger partial charge in [0.2, 0.25) is 11.8 Å². The molecule has 0 unspecified atom stereocenters. The summed E-state index contributed by atoms with van der Waals surface area (Å²) in [6, 6.07) is 18.7. The maximum absolute atomic E-state index is 14.0. The Labute approximate surface area is 255 Å². The number of ether oxygens (including phenoxy) is 1. The van der Waals surface area contributed by atoms with Gasteiger partial charge in [0, 0.05) is 22.1 Å². The average molecular weight is 665 g/mol. The number of rotatable bonds is 13. The SMILES string of the molecule is CCOc1ccc(N(CC(=O)N(Cc2ccc(Cl)cc2)[C@@H](C)C(=O)N[C@@H](C)CC)S(=O)(=O)c2ccc(Br)cc2)cc1. The Bertz CT molecular complexity index is 1420. The summed E-state index contributed by atoms with van der Waals surface area (Å²) < 4.78 is 35.1. The Morgan fingerprint density at radius 1 is 0.951 bits per heavy atom. The molecule has 1 N–H and O–H groups in total. The zero-order chi connectivity index (χ0) is 30.2. The number of nitrogens with one attached hydrogen (secondary N) is 1. The molecule has 2 amide bonds. The van der Waals surface area contributed by atoms with E-state index in [4.69, 9.17) is 16.3 Å². The summed E-state index contributed by atoms with van der Waals surface area (Å²) in [6.07, 6.45) is 0.723. The molecule has 0 aromatic heterocycles. The molecule has 0 aliphatic heterocycles. The molecule has 0 aliphatic carbocycles. The van der Waals surface area contributed by atoms with Crippen LogP contribution in [0.25, 0.3) is 0 Å². The van der Waals surface area contributed by atoms with E-state index < -0.39 is 28.5 Å². The molecule has 220 valence electrons. The van der Waals surface area contributed by atoms with Crippen molar-refractivity contribution in [2.45, 2.75) is 57.6 Å². The van der Waals surface area contributed by atoms with Gasteiger partial charge in [-0.05, 0) is 93.4 Å². The molecule has 0 saturated heterocycles. The van der Waals surface area contributed by atoms with Gasteiger partial charge in [0.1, 0.15) is 18.3 Å². The van der Waals surface area contributed by atoms with Crippen LogP contribution in [-0.2, 0) is 26.2 Å². The summed E-state index contributed by atoms with van der Waals surface area (Å²) in [6.45, 7) is 7.33. The lowest BCUT2D eigenvalue weighted by molar-refractivity contribution is -0.139. The predicted molar refractivity (Wildman–Crippen MR) is 166 cm³/mol. The molecular weight excluding hydrogens is 630 g/mol. The van der Waals surface area contributed by atoms with Crippen LogP contribution in [0.2, 0.25) is 5.02 Å². The van der Waals surface area contributed by atoms with Crippen LogP contribution >= 0.6 is 27.5 Å². The number of anilines is 1. The van der Waals surface area contributed by atoms with Gasteiger partial charge < -0.3 is 15.0 Å². The third-order valence-electron chi connectivity index (χ3n) is 6.55. The quantitative estimate of drug-likeness (QED) is 0.241. The number of sulfonamides is 1. The first kappa shape index (κ1) is 32.4. The van der Waals surface area contributed by atoms with Gasteiger partial charge in [-0.2, -0.15) is 0 Å². The Morgan fingerprint density at radius 3 is 2.12 bits per heavy atom. The van der Waals surface area contributed by atoms with Crippen LogP contribution in [0.3, 0.4) is 0 Å². The van der Waals surface area contributed by atoms with Gasteiger partial charge in [0.25, 0.3) is 10.0 Å². The van der Waals surface area contributed by atoms with Gasteiger partial charge in [0.15, 0.2) is 0 Å². The Balaban J connectivity index is 2.02. The maximum Gasteiger partial charge on any atom is 0.264 e. The zero-order valence-corrected chi connectivity index (χ0v) is 26.7. The fourth-order valence-electron chi connectivity index (χ4n) is 3.97. The van der Waals surface area contributed by atoms with E-state index >= 15 is 0 Å². The van der Waals surface area contributed by atoms with E-state index in [2.05, 4.69) is 21.2 Å². The largest absolute Gasteiger partial charge is 0.494 e. The normalized spacial score (nSPS) is 12.7. The smallest absolute Gasteiger partial charge is 0.264 e. The summed E-state index contributed by atoms with van der Waals surface area (Å²) in [5.41, 5.74) is 1.03. The fraction of sp³-hybridized carbons (Fsp3) is 0.333. The highest BCUT2D eigenvalue weighted by molar-refractivity contribution is 9.10. The molecule has 41 heavy (non-hydrogen) atoms. The van der Waals surface area contributed by atoms with Gasteiger partial charge in [-0.1, -0.05) is 46.6 Å². The van der Waals surface area contributed by atoms with Crippen LogP contribution in [0.5, 0.6) is 5.75 Å². The Hall–Kier alpha value is -3.08. The van der Waals surface area contributed by atoms with Gasteiger partial charge >= 0.3 is 0 Å². The van der Waals surface area contributed by atoms with E-state index in [1.165, 1.54) is 17.0 Å². The molecule has 0 bridgehead atoms. The third-order valence-corrected chi connectivity index (χ3v) is 9.12. The van der Waals surface area contributed by atoms with Crippen molar-refractivity contribution in [2.24, 2.45) is 0 Å². The highest BCUT2D eigenvalue weighted by Crippen LogP contribution is 2.27. The lowest BCUT2D eigenvalue weighted by Gasteiger charge is -2.32. The number of carbonyl (C=O) groups excluding carboxylic acids is 2. The van der Waals surface area contributed by atoms with Crippen LogP contribution < -0.4 is 14.4 Å². The molecule has 0 spiro atoms. The summed E-state index contributed by atoms with van der Waals surface area (Å²) in [7, 11) is -4.17. The second-order valence-corrected chi connectivity index (χ2v) is 12.7. The van der Waals surface area contributed by atoms with Crippen molar-refractivity contribution in [3.8, 4) is 5.75 Å². The number of hydrogen-bond acceptors (Lipinski definition) is 5. The lowest BCUT2D eigenvalue weighted by Crippen LogP contribution is -2.52. The molecule has 3 aromatic rings. The summed E-state index contributed by atoms with van der Waals surface area (Å²) >= 11 is 9.39. The number of amides is 2. The van der Waals surface area contributed by atoms with Crippen molar-refractivity contribution in [1.82, 2.24) is 10.2 Å². The summed E-state index contributed by atoms with van der Waals surface area (Å²) in [4.78, 5) is 28.5. The number of benzene rings is 3. The van der Waals surface area contributed by atoms with Crippen molar-refractivity contribution < 1.29 is 22.7 Å².